The lowest BCUT2D eigenvalue weighted by Crippen LogP contribution is -1.92. The van der Waals surface area contributed by atoms with Gasteiger partial charge in [-0.15, -0.1) is 0 Å². The Morgan fingerprint density at radius 3 is 2.08 bits per heavy atom. The molecule has 4 nitrogen and oxygen atoms in total. The Morgan fingerprint density at radius 2 is 1.58 bits per heavy atom. The van der Waals surface area contributed by atoms with Crippen molar-refractivity contribution in [2.75, 3.05) is 21.3 Å². The fraction of sp³-hybridized carbons (Fsp3) is 0.167. The molecule has 2 aromatic rings. The second-order valence-electron chi connectivity index (χ2n) is 4.76. The minimum absolute atomic E-state index is 0.514. The highest BCUT2D eigenvalue weighted by Crippen LogP contribution is 2.36. The number of halogens is 2. The number of nitrogens with zero attached hydrogens (tertiary/aromatic N) is 1. The Hall–Kier alpha value is -1.97. The van der Waals surface area contributed by atoms with E-state index < -0.39 is 0 Å². The lowest BCUT2D eigenvalue weighted by atomic mass is 10.0. The maximum atomic E-state index is 9.53. The molecule has 0 amide bonds. The van der Waals surface area contributed by atoms with Crippen LogP contribution in [0.3, 0.4) is 0 Å². The summed E-state index contributed by atoms with van der Waals surface area (Å²) in [7, 11) is 4.74. The van der Waals surface area contributed by atoms with Gasteiger partial charge in [-0.1, -0.05) is 0 Å². The molecule has 0 atom stereocenters. The fourth-order valence-corrected chi connectivity index (χ4v) is 3.75. The molecule has 0 saturated carbocycles. The number of allylic oxidation sites excluding steroid dienone is 1. The number of hydrogen-bond donors (Lipinski definition) is 0. The SMILES string of the molecule is COc1ccc(/C(C#N)=C/c2cc(Br)c(OC)c(Br)c2)cc1OC. The van der Waals surface area contributed by atoms with E-state index in [1.54, 1.807) is 39.5 Å². The van der Waals surface area contributed by atoms with Crippen LogP contribution in [-0.4, -0.2) is 21.3 Å². The molecule has 6 heteroatoms. The third-order valence-corrected chi connectivity index (χ3v) is 4.53. The van der Waals surface area contributed by atoms with Gasteiger partial charge in [0.25, 0.3) is 0 Å². The van der Waals surface area contributed by atoms with Crippen molar-refractivity contribution in [3.05, 3.63) is 50.4 Å². The molecule has 0 N–H and O–H groups in total. The number of ether oxygens (including phenoxy) is 3. The Morgan fingerprint density at radius 1 is 0.958 bits per heavy atom. The van der Waals surface area contributed by atoms with Crippen molar-refractivity contribution < 1.29 is 14.2 Å². The van der Waals surface area contributed by atoms with E-state index in [-0.39, 0.29) is 0 Å². The van der Waals surface area contributed by atoms with Crippen LogP contribution in [0.15, 0.2) is 39.3 Å². The predicted octanol–water partition coefficient (Wildman–Crippen LogP) is 5.30. The molecule has 0 saturated heterocycles. The molecule has 2 aromatic carbocycles. The van der Waals surface area contributed by atoms with E-state index in [2.05, 4.69) is 37.9 Å². The summed E-state index contributed by atoms with van der Waals surface area (Å²) in [6, 6.07) is 11.4. The van der Waals surface area contributed by atoms with E-state index in [1.165, 1.54) is 0 Å². The van der Waals surface area contributed by atoms with Gasteiger partial charge in [0.15, 0.2) is 11.5 Å². The average Bonchev–Trinajstić information content (AvgIpc) is 2.58. The molecule has 0 bridgehead atoms. The highest BCUT2D eigenvalue weighted by atomic mass is 79.9. The van der Waals surface area contributed by atoms with E-state index in [0.29, 0.717) is 22.8 Å². The molecular weight excluding hydrogens is 438 g/mol. The van der Waals surface area contributed by atoms with Gasteiger partial charge in [0.05, 0.1) is 41.9 Å². The molecule has 0 radical (unpaired) electrons. The highest BCUT2D eigenvalue weighted by molar-refractivity contribution is 9.11. The van der Waals surface area contributed by atoms with Gasteiger partial charge in [0, 0.05) is 0 Å². The van der Waals surface area contributed by atoms with Crippen molar-refractivity contribution in [2.45, 2.75) is 0 Å². The van der Waals surface area contributed by atoms with Gasteiger partial charge >= 0.3 is 0 Å². The first-order chi connectivity index (χ1) is 11.5. The van der Waals surface area contributed by atoms with Gasteiger partial charge < -0.3 is 14.2 Å². The van der Waals surface area contributed by atoms with Crippen molar-refractivity contribution in [3.63, 3.8) is 0 Å². The summed E-state index contributed by atoms with van der Waals surface area (Å²) in [6.07, 6.45) is 1.80. The second-order valence-corrected chi connectivity index (χ2v) is 6.47. The lowest BCUT2D eigenvalue weighted by Gasteiger charge is -2.10. The standard InChI is InChI=1S/C18H15Br2NO3/c1-22-16-5-4-12(9-17(16)23-2)13(10-21)6-11-7-14(19)18(24-3)15(20)8-11/h4-9H,1-3H3/b13-6+. The zero-order valence-corrected chi connectivity index (χ0v) is 16.6. The largest absolute Gasteiger partial charge is 0.494 e. The van der Waals surface area contributed by atoms with Crippen molar-refractivity contribution in [3.8, 4) is 23.3 Å². The van der Waals surface area contributed by atoms with Gasteiger partial charge in [-0.25, -0.2) is 0 Å². The molecule has 2 rings (SSSR count). The van der Waals surface area contributed by atoms with Crippen LogP contribution >= 0.6 is 31.9 Å². The summed E-state index contributed by atoms with van der Waals surface area (Å²) in [5.41, 5.74) is 2.12. The van der Waals surface area contributed by atoms with E-state index in [4.69, 9.17) is 14.2 Å². The Kier molecular flexibility index (Phi) is 6.29. The van der Waals surface area contributed by atoms with Crippen LogP contribution in [0.4, 0.5) is 0 Å². The third-order valence-electron chi connectivity index (χ3n) is 3.35. The summed E-state index contributed by atoms with van der Waals surface area (Å²) in [5, 5.41) is 9.53. The van der Waals surface area contributed by atoms with Crippen LogP contribution in [0.5, 0.6) is 17.2 Å². The van der Waals surface area contributed by atoms with Gasteiger partial charge in [0.2, 0.25) is 0 Å². The second kappa shape index (κ2) is 8.22. The topological polar surface area (TPSA) is 51.5 Å². The molecule has 0 aliphatic heterocycles. The lowest BCUT2D eigenvalue weighted by molar-refractivity contribution is 0.355. The molecule has 0 aliphatic carbocycles. The minimum Gasteiger partial charge on any atom is -0.494 e. The van der Waals surface area contributed by atoms with Crippen LogP contribution in [-0.2, 0) is 0 Å². The van der Waals surface area contributed by atoms with Crippen molar-refractivity contribution in [1.82, 2.24) is 0 Å². The maximum absolute atomic E-state index is 9.53. The molecule has 0 aliphatic rings. The van der Waals surface area contributed by atoms with Crippen molar-refractivity contribution in [1.29, 1.82) is 5.26 Å². The molecule has 0 spiro atoms. The third kappa shape index (κ3) is 3.92. The first-order valence-corrected chi connectivity index (χ1v) is 8.49. The smallest absolute Gasteiger partial charge is 0.161 e. The van der Waals surface area contributed by atoms with Crippen LogP contribution in [0.1, 0.15) is 11.1 Å². The van der Waals surface area contributed by atoms with Gasteiger partial charge in [0.1, 0.15) is 5.75 Å². The number of rotatable bonds is 5. The first kappa shape index (κ1) is 18.4. The molecule has 0 unspecified atom stereocenters. The monoisotopic (exact) mass is 451 g/mol. The van der Waals surface area contributed by atoms with Gasteiger partial charge in [-0.2, -0.15) is 5.26 Å². The molecule has 0 aromatic heterocycles. The Balaban J connectivity index is 2.49. The number of benzene rings is 2. The van der Waals surface area contributed by atoms with E-state index in [1.807, 2.05) is 18.2 Å². The first-order valence-electron chi connectivity index (χ1n) is 6.91. The van der Waals surface area contributed by atoms with Crippen LogP contribution in [0, 0.1) is 11.3 Å². The number of methoxy groups -OCH3 is 3. The maximum Gasteiger partial charge on any atom is 0.161 e. The van der Waals surface area contributed by atoms with Crippen LogP contribution in [0.2, 0.25) is 0 Å². The highest BCUT2D eigenvalue weighted by Gasteiger charge is 2.10. The Bertz CT molecular complexity index is 802. The molecule has 124 valence electrons. The summed E-state index contributed by atoms with van der Waals surface area (Å²) < 4.78 is 17.4. The van der Waals surface area contributed by atoms with Crippen molar-refractivity contribution >= 4 is 43.5 Å². The van der Waals surface area contributed by atoms with E-state index in [0.717, 1.165) is 20.1 Å². The molecular formula is C18H15Br2NO3. The van der Waals surface area contributed by atoms with E-state index >= 15 is 0 Å². The van der Waals surface area contributed by atoms with Gasteiger partial charge in [-0.3, -0.25) is 0 Å². The Labute approximate surface area is 157 Å². The quantitative estimate of drug-likeness (QED) is 0.456. The summed E-state index contributed by atoms with van der Waals surface area (Å²) in [5.74, 6) is 1.90. The average molecular weight is 453 g/mol. The predicted molar refractivity (Wildman–Crippen MR) is 101 cm³/mol. The van der Waals surface area contributed by atoms with Crippen LogP contribution in [0.25, 0.3) is 11.6 Å². The summed E-state index contributed by atoms with van der Waals surface area (Å²) >= 11 is 6.93. The molecule has 0 heterocycles. The zero-order valence-electron chi connectivity index (χ0n) is 13.4. The molecule has 24 heavy (non-hydrogen) atoms. The number of nitriles is 1. The van der Waals surface area contributed by atoms with Crippen molar-refractivity contribution in [2.24, 2.45) is 0 Å². The van der Waals surface area contributed by atoms with Gasteiger partial charge in [-0.05, 0) is 79.4 Å². The summed E-state index contributed by atoms with van der Waals surface area (Å²) in [6.45, 7) is 0. The van der Waals surface area contributed by atoms with E-state index in [9.17, 15) is 5.26 Å². The van der Waals surface area contributed by atoms with Crippen LogP contribution < -0.4 is 14.2 Å². The minimum atomic E-state index is 0.514. The number of hydrogen-bond acceptors (Lipinski definition) is 4. The normalized spacial score (nSPS) is 10.9. The molecule has 0 fully saturated rings. The summed E-state index contributed by atoms with van der Waals surface area (Å²) in [4.78, 5) is 0. The fourth-order valence-electron chi connectivity index (χ4n) is 2.21. The zero-order chi connectivity index (χ0) is 17.7.